The first-order valence-electron chi connectivity index (χ1n) is 13.2. The molecule has 1 heterocycles. The van der Waals surface area contributed by atoms with Crippen molar-refractivity contribution < 1.29 is 9.31 Å². The van der Waals surface area contributed by atoms with Gasteiger partial charge in [0.15, 0.2) is 0 Å². The highest BCUT2D eigenvalue weighted by Crippen LogP contribution is 2.58. The lowest BCUT2D eigenvalue weighted by atomic mass is 9.50. The van der Waals surface area contributed by atoms with E-state index in [4.69, 9.17) is 9.31 Å². The fraction of sp³-hybridized carbons (Fsp3) is 1.00. The van der Waals surface area contributed by atoms with E-state index < -0.39 is 0 Å². The Balaban J connectivity index is 1.26. The SMILES string of the molecule is CC1(C)OB(C2CCC(C3C4CCCCC4CC4CCCCC43)CC2)OC1(C)C. The highest BCUT2D eigenvalue weighted by molar-refractivity contribution is 6.47. The van der Waals surface area contributed by atoms with Crippen LogP contribution in [-0.4, -0.2) is 18.3 Å². The quantitative estimate of drug-likeness (QED) is 0.454. The van der Waals surface area contributed by atoms with Gasteiger partial charge in [-0.2, -0.15) is 0 Å². The summed E-state index contributed by atoms with van der Waals surface area (Å²) in [6, 6.07) is 0. The van der Waals surface area contributed by atoms with Gasteiger partial charge >= 0.3 is 7.12 Å². The van der Waals surface area contributed by atoms with Gasteiger partial charge in [-0.05, 0) is 88.3 Å². The average Bonchev–Trinajstić information content (AvgIpc) is 2.93. The van der Waals surface area contributed by atoms with E-state index in [2.05, 4.69) is 27.7 Å². The summed E-state index contributed by atoms with van der Waals surface area (Å²) in [5.74, 6) is 6.95. The zero-order valence-corrected chi connectivity index (χ0v) is 19.6. The second kappa shape index (κ2) is 7.84. The van der Waals surface area contributed by atoms with Crippen LogP contribution in [0.4, 0.5) is 0 Å². The van der Waals surface area contributed by atoms with E-state index in [1.165, 1.54) is 51.4 Å². The van der Waals surface area contributed by atoms with E-state index in [-0.39, 0.29) is 18.3 Å². The van der Waals surface area contributed by atoms with Crippen LogP contribution in [0.5, 0.6) is 0 Å². The van der Waals surface area contributed by atoms with Crippen molar-refractivity contribution in [1.82, 2.24) is 0 Å². The number of hydrogen-bond donors (Lipinski definition) is 0. The molecule has 0 spiro atoms. The fourth-order valence-electron chi connectivity index (χ4n) is 8.36. The van der Waals surface area contributed by atoms with Crippen LogP contribution in [0.1, 0.15) is 111 Å². The molecule has 0 amide bonds. The number of rotatable bonds is 2. The van der Waals surface area contributed by atoms with E-state index in [1.807, 2.05) is 0 Å². The van der Waals surface area contributed by atoms with Gasteiger partial charge in [-0.3, -0.25) is 0 Å². The maximum Gasteiger partial charge on any atom is 0.461 e. The minimum atomic E-state index is -0.178. The molecule has 5 aliphatic rings. The number of hydrogen-bond acceptors (Lipinski definition) is 2. The van der Waals surface area contributed by atoms with Gasteiger partial charge in [-0.25, -0.2) is 0 Å². The molecule has 0 aromatic rings. The Morgan fingerprint density at radius 3 is 1.59 bits per heavy atom. The first-order valence-corrected chi connectivity index (χ1v) is 13.2. The van der Waals surface area contributed by atoms with Crippen molar-refractivity contribution in [3.8, 4) is 0 Å². The standard InChI is InChI=1S/C26H45BO2/c1-25(2)26(3,4)29-27(28-25)21-15-13-18(14-16-21)24-22-11-7-5-9-19(22)17-20-10-6-8-12-23(20)24/h18-24H,5-17H2,1-4H3. The van der Waals surface area contributed by atoms with Gasteiger partial charge in [0.05, 0.1) is 11.2 Å². The average molecular weight is 400 g/mol. The Labute approximate surface area is 180 Å². The summed E-state index contributed by atoms with van der Waals surface area (Å²) in [6.07, 6.45) is 19.4. The van der Waals surface area contributed by atoms with Crippen molar-refractivity contribution in [2.75, 3.05) is 0 Å². The molecule has 0 aromatic heterocycles. The second-order valence-electron chi connectivity index (χ2n) is 12.5. The summed E-state index contributed by atoms with van der Waals surface area (Å²) in [5, 5.41) is 0. The highest BCUT2D eigenvalue weighted by Gasteiger charge is 2.55. The van der Waals surface area contributed by atoms with Crippen LogP contribution in [-0.2, 0) is 9.31 Å². The van der Waals surface area contributed by atoms with E-state index in [0.29, 0.717) is 5.82 Å². The Morgan fingerprint density at radius 2 is 1.07 bits per heavy atom. The van der Waals surface area contributed by atoms with Crippen molar-refractivity contribution in [3.63, 3.8) is 0 Å². The predicted molar refractivity (Wildman–Crippen MR) is 121 cm³/mol. The van der Waals surface area contributed by atoms with Gasteiger partial charge in [-0.15, -0.1) is 0 Å². The maximum atomic E-state index is 6.43. The minimum Gasteiger partial charge on any atom is -0.403 e. The minimum absolute atomic E-state index is 0.0252. The molecule has 0 aromatic carbocycles. The predicted octanol–water partition coefficient (Wildman–Crippen LogP) is 7.27. The summed E-state index contributed by atoms with van der Waals surface area (Å²) in [6.45, 7) is 8.81. The molecule has 0 N–H and O–H groups in total. The third kappa shape index (κ3) is 3.75. The normalized spacial score (nSPS) is 46.8. The molecule has 4 atom stereocenters. The molecule has 5 rings (SSSR count). The molecule has 164 valence electrons. The van der Waals surface area contributed by atoms with Crippen LogP contribution < -0.4 is 0 Å². The lowest BCUT2D eigenvalue weighted by Crippen LogP contribution is -2.47. The first-order chi connectivity index (χ1) is 13.9. The van der Waals surface area contributed by atoms with E-state index in [1.54, 1.807) is 32.1 Å². The Bertz CT molecular complexity index is 541. The lowest BCUT2D eigenvalue weighted by molar-refractivity contribution is -0.0484. The van der Waals surface area contributed by atoms with Crippen LogP contribution in [0.3, 0.4) is 0 Å². The molecule has 1 aliphatic heterocycles. The monoisotopic (exact) mass is 400 g/mol. The third-order valence-electron chi connectivity index (χ3n) is 10.5. The summed E-state index contributed by atoms with van der Waals surface area (Å²) in [4.78, 5) is 0. The van der Waals surface area contributed by atoms with Crippen LogP contribution >= 0.6 is 0 Å². The van der Waals surface area contributed by atoms with Crippen LogP contribution in [0.15, 0.2) is 0 Å². The molecule has 3 heteroatoms. The summed E-state index contributed by atoms with van der Waals surface area (Å²) < 4.78 is 12.9. The van der Waals surface area contributed by atoms with Gasteiger partial charge in [0.1, 0.15) is 0 Å². The number of fused-ring (bicyclic) bond motifs is 2. The van der Waals surface area contributed by atoms with Crippen molar-refractivity contribution in [2.45, 2.75) is 128 Å². The highest BCUT2D eigenvalue weighted by atomic mass is 16.7. The molecular weight excluding hydrogens is 355 g/mol. The third-order valence-corrected chi connectivity index (χ3v) is 10.5. The van der Waals surface area contributed by atoms with Crippen LogP contribution in [0.2, 0.25) is 5.82 Å². The Hall–Kier alpha value is -0.0151. The molecule has 5 fully saturated rings. The fourth-order valence-corrected chi connectivity index (χ4v) is 8.36. The molecule has 0 radical (unpaired) electrons. The smallest absolute Gasteiger partial charge is 0.403 e. The zero-order valence-electron chi connectivity index (χ0n) is 19.6. The molecule has 4 aliphatic carbocycles. The van der Waals surface area contributed by atoms with E-state index >= 15 is 0 Å². The summed E-state index contributed by atoms with van der Waals surface area (Å²) in [7, 11) is 0.0252. The van der Waals surface area contributed by atoms with Gasteiger partial charge in [0, 0.05) is 0 Å². The summed E-state index contributed by atoms with van der Waals surface area (Å²) in [5.41, 5.74) is -0.356. The molecule has 29 heavy (non-hydrogen) atoms. The van der Waals surface area contributed by atoms with Crippen molar-refractivity contribution in [3.05, 3.63) is 0 Å². The molecule has 2 nitrogen and oxygen atoms in total. The molecule has 0 bridgehead atoms. The second-order valence-corrected chi connectivity index (χ2v) is 12.5. The van der Waals surface area contributed by atoms with Crippen molar-refractivity contribution in [1.29, 1.82) is 0 Å². The molecule has 4 saturated carbocycles. The van der Waals surface area contributed by atoms with Crippen molar-refractivity contribution in [2.24, 2.45) is 35.5 Å². The molecular formula is C26H45BO2. The largest absolute Gasteiger partial charge is 0.461 e. The van der Waals surface area contributed by atoms with Crippen LogP contribution in [0.25, 0.3) is 0 Å². The molecule has 4 unspecified atom stereocenters. The molecule has 1 saturated heterocycles. The van der Waals surface area contributed by atoms with Crippen LogP contribution in [0, 0.1) is 35.5 Å². The maximum absolute atomic E-state index is 6.43. The van der Waals surface area contributed by atoms with Gasteiger partial charge in [0.25, 0.3) is 0 Å². The lowest BCUT2D eigenvalue weighted by Gasteiger charge is -2.55. The first kappa shape index (κ1) is 20.9. The van der Waals surface area contributed by atoms with Gasteiger partial charge in [-0.1, -0.05) is 64.2 Å². The summed E-state index contributed by atoms with van der Waals surface area (Å²) >= 11 is 0. The Morgan fingerprint density at radius 1 is 0.586 bits per heavy atom. The van der Waals surface area contributed by atoms with Crippen molar-refractivity contribution >= 4 is 7.12 Å². The van der Waals surface area contributed by atoms with Gasteiger partial charge < -0.3 is 9.31 Å². The zero-order chi connectivity index (χ0) is 20.2. The van der Waals surface area contributed by atoms with E-state index in [0.717, 1.165) is 35.5 Å². The topological polar surface area (TPSA) is 18.5 Å². The van der Waals surface area contributed by atoms with Gasteiger partial charge in [0.2, 0.25) is 0 Å². The van der Waals surface area contributed by atoms with E-state index in [9.17, 15) is 0 Å². The Kier molecular flexibility index (Phi) is 5.64.